The van der Waals surface area contributed by atoms with Gasteiger partial charge in [-0.2, -0.15) is 0 Å². The van der Waals surface area contributed by atoms with Gasteiger partial charge in [0.2, 0.25) is 5.91 Å². The highest BCUT2D eigenvalue weighted by Crippen LogP contribution is 2.31. The zero-order valence-corrected chi connectivity index (χ0v) is 22.9. The van der Waals surface area contributed by atoms with Gasteiger partial charge in [0.25, 0.3) is 0 Å². The number of rotatable bonds is 12. The lowest BCUT2D eigenvalue weighted by atomic mass is 9.94. The second-order valence-corrected chi connectivity index (χ2v) is 11.6. The monoisotopic (exact) mass is 495 g/mol. The Morgan fingerprint density at radius 3 is 2.42 bits per heavy atom. The Hall–Kier alpha value is -2.24. The van der Waals surface area contributed by atoms with Crippen LogP contribution in [0.5, 0.6) is 0 Å². The van der Waals surface area contributed by atoms with Crippen molar-refractivity contribution in [3.05, 3.63) is 70.8 Å². The average molecular weight is 496 g/mol. The van der Waals surface area contributed by atoms with E-state index in [0.717, 1.165) is 38.5 Å². The summed E-state index contributed by atoms with van der Waals surface area (Å²) < 4.78 is 14.5. The minimum atomic E-state index is -1.36. The molecule has 1 aliphatic rings. The van der Waals surface area contributed by atoms with E-state index < -0.39 is 5.67 Å². The molecule has 1 aliphatic heterocycles. The average Bonchev–Trinajstić information content (AvgIpc) is 3.17. The molecule has 0 radical (unpaired) electrons. The molecule has 0 spiro atoms. The van der Waals surface area contributed by atoms with Gasteiger partial charge < -0.3 is 16.0 Å². The molecule has 2 aromatic carbocycles. The van der Waals surface area contributed by atoms with Crippen LogP contribution in [0.15, 0.2) is 48.5 Å². The van der Waals surface area contributed by atoms with Crippen molar-refractivity contribution in [2.45, 2.75) is 103 Å². The van der Waals surface area contributed by atoms with Crippen LogP contribution >= 0.6 is 0 Å². The molecule has 4 nitrogen and oxygen atoms in total. The number of carbonyl (C=O) groups excluding carboxylic acids is 1. The largest absolute Gasteiger partial charge is 0.334 e. The second-order valence-electron chi connectivity index (χ2n) is 11.6. The van der Waals surface area contributed by atoms with Crippen LogP contribution in [0.25, 0.3) is 0 Å². The smallest absolute Gasteiger partial charge is 0.236 e. The first-order valence-electron chi connectivity index (χ1n) is 13.6. The third-order valence-corrected chi connectivity index (χ3v) is 7.61. The number of likely N-dealkylation sites (tertiary alicyclic amines) is 1. The predicted molar refractivity (Wildman–Crippen MR) is 148 cm³/mol. The zero-order valence-electron chi connectivity index (χ0n) is 22.9. The number of aryl methyl sites for hydroxylation is 2. The Labute approximate surface area is 217 Å². The SMILES string of the molecule is CCc1ccccc1Cc1ccc(CCCCC(C)(C)NCC(=O)N2CC(C)(F)CC2C(C)N)cc1. The summed E-state index contributed by atoms with van der Waals surface area (Å²) in [6, 6.07) is 17.3. The van der Waals surface area contributed by atoms with Crippen LogP contribution in [0.3, 0.4) is 0 Å². The van der Waals surface area contributed by atoms with Crippen molar-refractivity contribution in [3.8, 4) is 0 Å². The van der Waals surface area contributed by atoms with Gasteiger partial charge in [-0.3, -0.25) is 4.79 Å². The highest BCUT2D eigenvalue weighted by molar-refractivity contribution is 5.79. The fraction of sp³-hybridized carbons (Fsp3) is 0.581. The lowest BCUT2D eigenvalue weighted by Crippen LogP contribution is -2.51. The topological polar surface area (TPSA) is 58.4 Å². The van der Waals surface area contributed by atoms with Gasteiger partial charge in [-0.1, -0.05) is 61.9 Å². The quantitative estimate of drug-likeness (QED) is 0.377. The molecule has 0 aromatic heterocycles. The maximum atomic E-state index is 14.5. The van der Waals surface area contributed by atoms with E-state index in [9.17, 15) is 9.18 Å². The van der Waals surface area contributed by atoms with Crippen LogP contribution < -0.4 is 11.1 Å². The van der Waals surface area contributed by atoms with E-state index in [2.05, 4.69) is 74.6 Å². The Kier molecular flexibility index (Phi) is 9.71. The number of amides is 1. The number of halogens is 1. The number of nitrogens with one attached hydrogen (secondary N) is 1. The molecule has 5 heteroatoms. The molecule has 2 aromatic rings. The number of nitrogens with two attached hydrogens (primary N) is 1. The van der Waals surface area contributed by atoms with Gasteiger partial charge in [-0.25, -0.2) is 4.39 Å². The first kappa shape index (κ1) is 28.3. The Morgan fingerprint density at radius 2 is 1.78 bits per heavy atom. The van der Waals surface area contributed by atoms with Gasteiger partial charge in [0.1, 0.15) is 5.67 Å². The van der Waals surface area contributed by atoms with Crippen molar-refractivity contribution in [3.63, 3.8) is 0 Å². The van der Waals surface area contributed by atoms with Crippen molar-refractivity contribution >= 4 is 5.91 Å². The minimum absolute atomic E-state index is 0.0617. The molecule has 1 fully saturated rings. The lowest BCUT2D eigenvalue weighted by molar-refractivity contribution is -0.132. The standard InChI is InChI=1S/C31H46FN3O/c1-6-26-12-7-8-13-27(26)19-25-16-14-24(15-17-25)11-9-10-18-30(3,4)34-21-29(36)35-22-31(5,32)20-28(35)23(2)33/h7-8,12-17,23,28,34H,6,9-11,18-22,33H2,1-5H3. The van der Waals surface area contributed by atoms with Gasteiger partial charge in [0.05, 0.1) is 13.1 Å². The predicted octanol–water partition coefficient (Wildman–Crippen LogP) is 5.60. The summed E-state index contributed by atoms with van der Waals surface area (Å²) >= 11 is 0. The third kappa shape index (κ3) is 8.14. The Bertz CT molecular complexity index is 984. The number of unbranched alkanes of at least 4 members (excludes halogenated alkanes) is 1. The summed E-state index contributed by atoms with van der Waals surface area (Å²) in [4.78, 5) is 14.5. The number of hydrogen-bond acceptors (Lipinski definition) is 3. The highest BCUT2D eigenvalue weighted by Gasteiger charge is 2.44. The molecule has 3 rings (SSSR count). The molecule has 36 heavy (non-hydrogen) atoms. The Balaban J connectivity index is 1.40. The lowest BCUT2D eigenvalue weighted by Gasteiger charge is -2.30. The van der Waals surface area contributed by atoms with Crippen LogP contribution in [0.1, 0.15) is 82.6 Å². The summed E-state index contributed by atoms with van der Waals surface area (Å²) in [5.41, 5.74) is 10.1. The van der Waals surface area contributed by atoms with Crippen molar-refractivity contribution in [2.24, 2.45) is 5.73 Å². The highest BCUT2D eigenvalue weighted by atomic mass is 19.1. The van der Waals surface area contributed by atoms with Crippen molar-refractivity contribution < 1.29 is 9.18 Å². The van der Waals surface area contributed by atoms with Crippen molar-refractivity contribution in [2.75, 3.05) is 13.1 Å². The fourth-order valence-electron chi connectivity index (χ4n) is 5.35. The molecule has 1 amide bonds. The number of benzene rings is 2. The summed E-state index contributed by atoms with van der Waals surface area (Å²) in [7, 11) is 0. The van der Waals surface area contributed by atoms with Crippen LogP contribution in [-0.2, 0) is 24.1 Å². The van der Waals surface area contributed by atoms with Gasteiger partial charge >= 0.3 is 0 Å². The van der Waals surface area contributed by atoms with Crippen LogP contribution in [0, 0.1) is 0 Å². The van der Waals surface area contributed by atoms with Gasteiger partial charge in [0.15, 0.2) is 0 Å². The van der Waals surface area contributed by atoms with E-state index in [1.807, 2.05) is 6.92 Å². The van der Waals surface area contributed by atoms with E-state index in [1.165, 1.54) is 22.3 Å². The molecule has 0 aliphatic carbocycles. The van der Waals surface area contributed by atoms with E-state index in [0.29, 0.717) is 6.42 Å². The first-order valence-corrected chi connectivity index (χ1v) is 13.6. The minimum Gasteiger partial charge on any atom is -0.334 e. The molecule has 0 saturated carbocycles. The maximum Gasteiger partial charge on any atom is 0.236 e. The van der Waals surface area contributed by atoms with Crippen molar-refractivity contribution in [1.82, 2.24) is 10.2 Å². The second kappa shape index (κ2) is 12.3. The molecule has 0 bridgehead atoms. The molecule has 1 saturated heterocycles. The molecule has 3 N–H and O–H groups in total. The zero-order chi connectivity index (χ0) is 26.3. The number of carbonyl (C=O) groups is 1. The molecular weight excluding hydrogens is 449 g/mol. The van der Waals surface area contributed by atoms with E-state index in [-0.39, 0.29) is 36.6 Å². The van der Waals surface area contributed by atoms with E-state index >= 15 is 0 Å². The van der Waals surface area contributed by atoms with E-state index in [1.54, 1.807) is 11.8 Å². The normalized spacial score (nSPS) is 21.1. The van der Waals surface area contributed by atoms with Gasteiger partial charge in [-0.05, 0) is 82.1 Å². The number of hydrogen-bond donors (Lipinski definition) is 2. The van der Waals surface area contributed by atoms with Crippen LogP contribution in [-0.4, -0.2) is 47.2 Å². The van der Waals surface area contributed by atoms with Gasteiger partial charge in [0, 0.05) is 24.0 Å². The van der Waals surface area contributed by atoms with Crippen LogP contribution in [0.4, 0.5) is 4.39 Å². The summed E-state index contributed by atoms with van der Waals surface area (Å²) in [6.45, 7) is 10.2. The van der Waals surface area contributed by atoms with Crippen LogP contribution in [0.2, 0.25) is 0 Å². The molecular formula is C31H46FN3O. The molecule has 3 atom stereocenters. The maximum absolute atomic E-state index is 14.5. The van der Waals surface area contributed by atoms with Gasteiger partial charge in [-0.15, -0.1) is 0 Å². The molecule has 1 heterocycles. The number of alkyl halides is 1. The first-order chi connectivity index (χ1) is 17.0. The Morgan fingerprint density at radius 1 is 1.14 bits per heavy atom. The third-order valence-electron chi connectivity index (χ3n) is 7.61. The summed E-state index contributed by atoms with van der Waals surface area (Å²) in [5, 5.41) is 3.41. The molecule has 198 valence electrons. The van der Waals surface area contributed by atoms with E-state index in [4.69, 9.17) is 5.73 Å². The number of nitrogens with zero attached hydrogens (tertiary/aromatic N) is 1. The summed E-state index contributed by atoms with van der Waals surface area (Å²) in [5.74, 6) is -0.0617. The van der Waals surface area contributed by atoms with Crippen molar-refractivity contribution in [1.29, 1.82) is 0 Å². The molecule has 3 unspecified atom stereocenters. The fourth-order valence-corrected chi connectivity index (χ4v) is 5.35. The summed E-state index contributed by atoms with van der Waals surface area (Å²) in [6.07, 6.45) is 6.58.